The van der Waals surface area contributed by atoms with Crippen LogP contribution in [0.2, 0.25) is 0 Å². The van der Waals surface area contributed by atoms with Crippen LogP contribution >= 0.6 is 0 Å². The van der Waals surface area contributed by atoms with E-state index >= 15 is 0 Å². The molecule has 296 valence electrons. The Labute approximate surface area is 354 Å². The van der Waals surface area contributed by atoms with Crippen molar-refractivity contribution in [1.29, 1.82) is 0 Å². The third-order valence-electron chi connectivity index (χ3n) is 11.9. The third kappa shape index (κ3) is 7.40. The molecule has 0 radical (unpaired) electrons. The van der Waals surface area contributed by atoms with Crippen LogP contribution in [0, 0.1) is 24.2 Å². The van der Waals surface area contributed by atoms with Crippen LogP contribution in [0.4, 0.5) is 22.7 Å². The number of ether oxygens (including phenoxy) is 1. The van der Waals surface area contributed by atoms with Crippen LogP contribution in [0.15, 0.2) is 115 Å². The summed E-state index contributed by atoms with van der Waals surface area (Å²) in [5.74, 6) is 2.12. The van der Waals surface area contributed by atoms with E-state index in [2.05, 4.69) is 212 Å². The molecular formula is C51H53N4OPt-3. The number of benzene rings is 5. The van der Waals surface area contributed by atoms with Gasteiger partial charge >= 0.3 is 0 Å². The molecule has 0 atom stereocenters. The predicted octanol–water partition coefficient (Wildman–Crippen LogP) is 13.9. The molecule has 0 fully saturated rings. The molecule has 0 amide bonds. The molecule has 0 unspecified atom stereocenters. The number of para-hydroxylation sites is 3. The van der Waals surface area contributed by atoms with Gasteiger partial charge in [-0.05, 0) is 80.6 Å². The van der Waals surface area contributed by atoms with Crippen molar-refractivity contribution in [3.8, 4) is 17.3 Å². The summed E-state index contributed by atoms with van der Waals surface area (Å²) in [4.78, 5) is 9.38. The molecule has 5 aromatic carbocycles. The zero-order chi connectivity index (χ0) is 39.8. The Hall–Kier alpha value is -4.86. The molecule has 0 saturated heterocycles. The first-order valence-electron chi connectivity index (χ1n) is 19.7. The number of nitrogens with zero attached hydrogens (tertiary/aromatic N) is 4. The van der Waals surface area contributed by atoms with Crippen molar-refractivity contribution in [2.75, 3.05) is 9.80 Å². The zero-order valence-corrected chi connectivity index (χ0v) is 37.3. The number of hydrogen-bond acceptors (Lipinski definition) is 4. The normalized spacial score (nSPS) is 13.6. The van der Waals surface area contributed by atoms with Gasteiger partial charge in [-0.25, -0.2) is 4.98 Å². The first-order chi connectivity index (χ1) is 26.4. The summed E-state index contributed by atoms with van der Waals surface area (Å²) >= 11 is 0. The first-order valence-corrected chi connectivity index (χ1v) is 19.7. The van der Waals surface area contributed by atoms with Crippen molar-refractivity contribution in [2.24, 2.45) is 5.41 Å². The van der Waals surface area contributed by atoms with E-state index in [0.717, 1.165) is 55.9 Å². The average molecular weight is 933 g/mol. The Morgan fingerprint density at radius 1 is 0.579 bits per heavy atom. The minimum Gasteiger partial charge on any atom is -0.509 e. The predicted molar refractivity (Wildman–Crippen MR) is 234 cm³/mol. The van der Waals surface area contributed by atoms with Crippen molar-refractivity contribution in [1.82, 2.24) is 9.55 Å². The van der Waals surface area contributed by atoms with Crippen molar-refractivity contribution in [2.45, 2.75) is 92.4 Å². The van der Waals surface area contributed by atoms with Gasteiger partial charge in [0.25, 0.3) is 0 Å². The molecule has 7 aromatic rings. The summed E-state index contributed by atoms with van der Waals surface area (Å²) in [6, 6.07) is 46.1. The van der Waals surface area contributed by atoms with Gasteiger partial charge in [0.1, 0.15) is 5.82 Å². The first kappa shape index (κ1) is 40.3. The second-order valence-corrected chi connectivity index (χ2v) is 18.8. The molecule has 2 aromatic heterocycles. The van der Waals surface area contributed by atoms with Gasteiger partial charge in [-0.2, -0.15) is 6.07 Å². The number of fused-ring (bicyclic) bond motifs is 4. The van der Waals surface area contributed by atoms with Gasteiger partial charge in [0.2, 0.25) is 0 Å². The van der Waals surface area contributed by atoms with Gasteiger partial charge < -0.3 is 19.1 Å². The number of rotatable bonds is 6. The summed E-state index contributed by atoms with van der Waals surface area (Å²) in [6.07, 6.45) is 1.91. The number of pyridine rings is 1. The molecule has 57 heavy (non-hydrogen) atoms. The van der Waals surface area contributed by atoms with Gasteiger partial charge in [0.15, 0.2) is 0 Å². The number of hydrogen-bond donors (Lipinski definition) is 0. The molecule has 0 N–H and O–H groups in total. The second kappa shape index (κ2) is 14.5. The Bertz CT molecular complexity index is 2600. The van der Waals surface area contributed by atoms with Crippen LogP contribution in [0.3, 0.4) is 0 Å². The second-order valence-electron chi connectivity index (χ2n) is 18.8. The maximum absolute atomic E-state index is 6.77. The fourth-order valence-electron chi connectivity index (χ4n) is 7.43. The van der Waals surface area contributed by atoms with Crippen molar-refractivity contribution in [3.05, 3.63) is 151 Å². The summed E-state index contributed by atoms with van der Waals surface area (Å²) < 4.78 is 8.98. The Morgan fingerprint density at radius 2 is 1.26 bits per heavy atom. The summed E-state index contributed by atoms with van der Waals surface area (Å²) in [6.45, 7) is 27.2. The average Bonchev–Trinajstić information content (AvgIpc) is 3.70. The molecule has 6 heteroatoms. The van der Waals surface area contributed by atoms with E-state index < -0.39 is 0 Å². The Kier molecular flexibility index (Phi) is 10.3. The maximum atomic E-state index is 6.77. The minimum absolute atomic E-state index is 0. The standard InChI is InChI=1S/C51H53N4O.Pt/c1-48(2,3)34-25-26-52-47(30-34)55-43-20-13-12-19-41(43)42-24-23-39(32-46(42)55)56-40-29-36(49(4,5)6)28-38(31-40)54-33-53(44-21-14-15-22-45(44)54)37-18-16-17-35(27-37)51(10,11)50(7,8)9;/h12-30,33H,1-11H3;/q-3;. The van der Waals surface area contributed by atoms with Crippen molar-refractivity contribution >= 4 is 44.6 Å². The maximum Gasteiger partial charge on any atom is 0.135 e. The minimum atomic E-state index is -0.141. The fourth-order valence-corrected chi connectivity index (χ4v) is 7.43. The molecule has 0 saturated carbocycles. The van der Waals surface area contributed by atoms with E-state index in [1.807, 2.05) is 12.3 Å². The largest absolute Gasteiger partial charge is 0.509 e. The van der Waals surface area contributed by atoms with Gasteiger partial charge in [0, 0.05) is 61.3 Å². The number of anilines is 4. The fraction of sp³-hybridized carbons (Fsp3) is 0.294. The van der Waals surface area contributed by atoms with E-state index in [4.69, 9.17) is 9.72 Å². The van der Waals surface area contributed by atoms with Crippen LogP contribution in [-0.2, 0) is 37.3 Å². The summed E-state index contributed by atoms with van der Waals surface area (Å²) in [5.41, 5.74) is 9.84. The van der Waals surface area contributed by atoms with E-state index in [1.54, 1.807) is 0 Å². The zero-order valence-electron chi connectivity index (χ0n) is 35.1. The molecule has 8 rings (SSSR count). The van der Waals surface area contributed by atoms with Crippen molar-refractivity contribution in [3.63, 3.8) is 0 Å². The van der Waals surface area contributed by atoms with Crippen LogP contribution < -0.4 is 14.5 Å². The van der Waals surface area contributed by atoms with E-state index in [-0.39, 0.29) is 42.7 Å². The molecule has 1 aliphatic rings. The van der Waals surface area contributed by atoms with E-state index in [9.17, 15) is 0 Å². The molecule has 0 bridgehead atoms. The Balaban J connectivity index is 0.00000496. The van der Waals surface area contributed by atoms with Gasteiger partial charge in [-0.1, -0.05) is 124 Å². The van der Waals surface area contributed by atoms with Crippen LogP contribution in [0.1, 0.15) is 92.9 Å². The quantitative estimate of drug-likeness (QED) is 0.156. The summed E-state index contributed by atoms with van der Waals surface area (Å²) in [7, 11) is 0. The molecule has 1 aliphatic heterocycles. The van der Waals surface area contributed by atoms with E-state index in [0.29, 0.717) is 11.5 Å². The van der Waals surface area contributed by atoms with Crippen molar-refractivity contribution < 1.29 is 25.8 Å². The SMILES string of the molecule is CC(C)(C)c1cc(Oc2[c-]c3c(cc2)c2ccccc2n3-c2cc(C(C)(C)C)ccn2)[c-]c(N2[CH-]N(c3cccc(C(C)(C)C(C)(C)C)c3)c3ccccc32)c1.[Pt]. The van der Waals surface area contributed by atoms with Crippen LogP contribution in [0.5, 0.6) is 11.5 Å². The monoisotopic (exact) mass is 932 g/mol. The molecule has 5 nitrogen and oxygen atoms in total. The third-order valence-corrected chi connectivity index (χ3v) is 11.9. The Morgan fingerprint density at radius 3 is 1.96 bits per heavy atom. The molecule has 0 spiro atoms. The summed E-state index contributed by atoms with van der Waals surface area (Å²) in [5, 5.41) is 2.25. The van der Waals surface area contributed by atoms with Crippen LogP contribution in [0.25, 0.3) is 27.6 Å². The van der Waals surface area contributed by atoms with Gasteiger partial charge in [0.05, 0.1) is 0 Å². The topological polar surface area (TPSA) is 33.5 Å². The number of aromatic nitrogens is 2. The molecular weight excluding hydrogens is 880 g/mol. The van der Waals surface area contributed by atoms with Gasteiger partial charge in [-0.3, -0.25) is 0 Å². The van der Waals surface area contributed by atoms with Gasteiger partial charge in [-0.15, -0.1) is 53.6 Å². The van der Waals surface area contributed by atoms with E-state index in [1.165, 1.54) is 11.1 Å². The molecule has 3 heterocycles. The smallest absolute Gasteiger partial charge is 0.135 e. The van der Waals surface area contributed by atoms with Crippen LogP contribution in [-0.4, -0.2) is 9.55 Å². The molecule has 0 aliphatic carbocycles.